The molecule has 1 aliphatic heterocycles. The van der Waals surface area contributed by atoms with Gasteiger partial charge in [0.1, 0.15) is 6.07 Å². The molecule has 0 saturated carbocycles. The Kier molecular flexibility index (Phi) is 4.90. The summed E-state index contributed by atoms with van der Waals surface area (Å²) in [6.07, 6.45) is 0.826. The van der Waals surface area contributed by atoms with Gasteiger partial charge in [0.2, 0.25) is 0 Å². The van der Waals surface area contributed by atoms with E-state index in [1.807, 2.05) is 6.07 Å². The van der Waals surface area contributed by atoms with Crippen LogP contribution in [-0.4, -0.2) is 42.9 Å². The molecular weight excluding hydrogens is 268 g/mol. The van der Waals surface area contributed by atoms with Gasteiger partial charge in [-0.1, -0.05) is 12.1 Å². The van der Waals surface area contributed by atoms with Crippen LogP contribution in [0.15, 0.2) is 18.2 Å². The third-order valence-electron chi connectivity index (χ3n) is 3.45. The molecule has 1 fully saturated rings. The summed E-state index contributed by atoms with van der Waals surface area (Å²) >= 11 is 0. The number of amides is 2. The van der Waals surface area contributed by atoms with Crippen molar-refractivity contribution in [1.82, 2.24) is 10.2 Å². The minimum absolute atomic E-state index is 0.379. The molecule has 0 bridgehead atoms. The second-order valence-corrected chi connectivity index (χ2v) is 4.96. The van der Waals surface area contributed by atoms with Crippen LogP contribution in [-0.2, 0) is 9.59 Å². The van der Waals surface area contributed by atoms with Crippen LogP contribution in [0.1, 0.15) is 17.5 Å². The zero-order valence-corrected chi connectivity index (χ0v) is 12.0. The number of carbonyl (C=O) groups excluding carboxylic acids is 2. The highest BCUT2D eigenvalue weighted by molar-refractivity contribution is 6.39. The van der Waals surface area contributed by atoms with Gasteiger partial charge >= 0.3 is 11.8 Å². The summed E-state index contributed by atoms with van der Waals surface area (Å²) in [7, 11) is 0. The van der Waals surface area contributed by atoms with E-state index in [1.165, 1.54) is 4.90 Å². The molecule has 0 unspecified atom stereocenters. The number of nitrogens with one attached hydrogen (secondary N) is 2. The van der Waals surface area contributed by atoms with Crippen molar-refractivity contribution in [1.29, 1.82) is 5.26 Å². The molecule has 1 aromatic rings. The Morgan fingerprint density at radius 2 is 2.14 bits per heavy atom. The maximum Gasteiger partial charge on any atom is 0.313 e. The third kappa shape index (κ3) is 3.58. The van der Waals surface area contributed by atoms with Crippen LogP contribution >= 0.6 is 0 Å². The first-order valence-electron chi connectivity index (χ1n) is 6.94. The van der Waals surface area contributed by atoms with Crippen molar-refractivity contribution in [2.75, 3.05) is 31.5 Å². The van der Waals surface area contributed by atoms with Crippen molar-refractivity contribution in [3.8, 4) is 6.07 Å². The summed E-state index contributed by atoms with van der Waals surface area (Å²) in [6.45, 7) is 4.41. The highest BCUT2D eigenvalue weighted by atomic mass is 16.2. The van der Waals surface area contributed by atoms with E-state index < -0.39 is 11.8 Å². The number of anilines is 1. The van der Waals surface area contributed by atoms with E-state index in [1.54, 1.807) is 25.1 Å². The van der Waals surface area contributed by atoms with Crippen LogP contribution < -0.4 is 10.6 Å². The van der Waals surface area contributed by atoms with Crippen molar-refractivity contribution < 1.29 is 9.59 Å². The van der Waals surface area contributed by atoms with E-state index in [2.05, 4.69) is 10.6 Å². The lowest BCUT2D eigenvalue weighted by Gasteiger charge is -2.19. The lowest BCUT2D eigenvalue weighted by molar-refractivity contribution is -0.143. The number of nitrogens with zero attached hydrogens (tertiary/aromatic N) is 2. The molecule has 0 atom stereocenters. The molecule has 110 valence electrons. The zero-order valence-electron chi connectivity index (χ0n) is 12.0. The summed E-state index contributed by atoms with van der Waals surface area (Å²) in [5, 5.41) is 14.9. The van der Waals surface area contributed by atoms with Gasteiger partial charge < -0.3 is 15.5 Å². The van der Waals surface area contributed by atoms with E-state index >= 15 is 0 Å². The SMILES string of the molecule is Cc1cccc(NC(=O)C(=O)N2CCCNCC2)c1C#N. The van der Waals surface area contributed by atoms with Crippen LogP contribution in [0.25, 0.3) is 0 Å². The van der Waals surface area contributed by atoms with Crippen molar-refractivity contribution in [2.24, 2.45) is 0 Å². The topological polar surface area (TPSA) is 85.2 Å². The van der Waals surface area contributed by atoms with Gasteiger partial charge in [0.15, 0.2) is 0 Å². The van der Waals surface area contributed by atoms with Gasteiger partial charge in [-0.15, -0.1) is 0 Å². The number of carbonyl (C=O) groups is 2. The standard InChI is InChI=1S/C15H18N4O2/c1-11-4-2-5-13(12(11)10-16)18-14(20)15(21)19-8-3-6-17-7-9-19/h2,4-5,17H,3,6-9H2,1H3,(H,18,20). The van der Waals surface area contributed by atoms with Crippen molar-refractivity contribution in [2.45, 2.75) is 13.3 Å². The van der Waals surface area contributed by atoms with Crippen LogP contribution in [0, 0.1) is 18.3 Å². The predicted octanol–water partition coefficient (Wildman–Crippen LogP) is 0.627. The summed E-state index contributed by atoms with van der Waals surface area (Å²) in [6, 6.07) is 7.20. The molecule has 0 spiro atoms. The average Bonchev–Trinajstić information content (AvgIpc) is 2.75. The normalized spacial score (nSPS) is 15.0. The van der Waals surface area contributed by atoms with Crippen LogP contribution in [0.5, 0.6) is 0 Å². The molecule has 0 radical (unpaired) electrons. The number of hydrogen-bond donors (Lipinski definition) is 2. The van der Waals surface area contributed by atoms with Gasteiger partial charge in [-0.05, 0) is 31.5 Å². The smallest absolute Gasteiger partial charge is 0.313 e. The molecular formula is C15H18N4O2. The summed E-state index contributed by atoms with van der Waals surface area (Å²) < 4.78 is 0. The summed E-state index contributed by atoms with van der Waals surface area (Å²) in [5.41, 5.74) is 1.53. The first-order valence-corrected chi connectivity index (χ1v) is 6.94. The maximum absolute atomic E-state index is 12.1. The fraction of sp³-hybridized carbons (Fsp3) is 0.400. The summed E-state index contributed by atoms with van der Waals surface area (Å²) in [4.78, 5) is 25.8. The molecule has 2 rings (SSSR count). The maximum atomic E-state index is 12.1. The molecule has 6 nitrogen and oxygen atoms in total. The fourth-order valence-electron chi connectivity index (χ4n) is 2.29. The molecule has 6 heteroatoms. The minimum atomic E-state index is -0.695. The van der Waals surface area contributed by atoms with Gasteiger partial charge in [0.25, 0.3) is 0 Å². The molecule has 2 N–H and O–H groups in total. The van der Waals surface area contributed by atoms with Crippen LogP contribution in [0.2, 0.25) is 0 Å². The molecule has 1 heterocycles. The minimum Gasteiger partial charge on any atom is -0.333 e. The second kappa shape index (κ2) is 6.86. The molecule has 1 saturated heterocycles. The molecule has 21 heavy (non-hydrogen) atoms. The number of hydrogen-bond acceptors (Lipinski definition) is 4. The first kappa shape index (κ1) is 15.0. The molecule has 2 amide bonds. The largest absolute Gasteiger partial charge is 0.333 e. The van der Waals surface area contributed by atoms with Crippen molar-refractivity contribution >= 4 is 17.5 Å². The highest BCUT2D eigenvalue weighted by Gasteiger charge is 2.23. The monoisotopic (exact) mass is 286 g/mol. The Labute approximate surface area is 123 Å². The van der Waals surface area contributed by atoms with E-state index in [-0.39, 0.29) is 0 Å². The van der Waals surface area contributed by atoms with Crippen LogP contribution in [0.4, 0.5) is 5.69 Å². The van der Waals surface area contributed by atoms with Gasteiger partial charge in [-0.2, -0.15) is 5.26 Å². The molecule has 0 aliphatic carbocycles. The Morgan fingerprint density at radius 1 is 1.33 bits per heavy atom. The van der Waals surface area contributed by atoms with E-state index in [4.69, 9.17) is 5.26 Å². The number of aryl methyl sites for hydroxylation is 1. The predicted molar refractivity (Wildman–Crippen MR) is 78.6 cm³/mol. The van der Waals surface area contributed by atoms with Crippen LogP contribution in [0.3, 0.4) is 0 Å². The Hall–Kier alpha value is -2.39. The van der Waals surface area contributed by atoms with Gasteiger partial charge in [-0.3, -0.25) is 9.59 Å². The first-order chi connectivity index (χ1) is 10.1. The van der Waals surface area contributed by atoms with Crippen molar-refractivity contribution in [3.63, 3.8) is 0 Å². The van der Waals surface area contributed by atoms with Gasteiger partial charge in [0.05, 0.1) is 11.3 Å². The Balaban J connectivity index is 2.09. The van der Waals surface area contributed by atoms with E-state index in [9.17, 15) is 9.59 Å². The quantitative estimate of drug-likeness (QED) is 0.741. The number of rotatable bonds is 1. The van der Waals surface area contributed by atoms with Gasteiger partial charge in [0, 0.05) is 19.6 Å². The molecule has 0 aromatic heterocycles. The highest BCUT2D eigenvalue weighted by Crippen LogP contribution is 2.18. The zero-order chi connectivity index (χ0) is 15.2. The number of benzene rings is 1. The average molecular weight is 286 g/mol. The summed E-state index contributed by atoms with van der Waals surface area (Å²) in [5.74, 6) is -1.25. The van der Waals surface area contributed by atoms with E-state index in [0.717, 1.165) is 18.5 Å². The molecule has 1 aliphatic rings. The molecule has 1 aromatic carbocycles. The van der Waals surface area contributed by atoms with Gasteiger partial charge in [-0.25, -0.2) is 0 Å². The lowest BCUT2D eigenvalue weighted by atomic mass is 10.1. The second-order valence-electron chi connectivity index (χ2n) is 4.96. The van der Waals surface area contributed by atoms with Crippen molar-refractivity contribution in [3.05, 3.63) is 29.3 Å². The lowest BCUT2D eigenvalue weighted by Crippen LogP contribution is -2.41. The van der Waals surface area contributed by atoms with E-state index in [0.29, 0.717) is 30.9 Å². The Bertz CT molecular complexity index is 584. The number of nitriles is 1. The fourth-order valence-corrected chi connectivity index (χ4v) is 2.29. The third-order valence-corrected chi connectivity index (χ3v) is 3.45. The Morgan fingerprint density at radius 3 is 2.90 bits per heavy atom.